The van der Waals surface area contributed by atoms with E-state index >= 15 is 0 Å². The van der Waals surface area contributed by atoms with Gasteiger partial charge in [0.05, 0.1) is 12.2 Å². The number of ether oxygens (including phenoxy) is 2. The number of rotatable bonds is 5. The van der Waals surface area contributed by atoms with Crippen molar-refractivity contribution in [2.45, 2.75) is 32.9 Å². The summed E-state index contributed by atoms with van der Waals surface area (Å²) in [6, 6.07) is 5.93. The lowest BCUT2D eigenvalue weighted by Crippen LogP contribution is -2.36. The molecule has 2 heterocycles. The Hall–Kier alpha value is -2.28. The topological polar surface area (TPSA) is 67.8 Å². The van der Waals surface area contributed by atoms with Crippen LogP contribution in [0.4, 0.5) is 0 Å². The Balaban J connectivity index is 1.51. The maximum Gasteiger partial charge on any atom is 0.231 e. The third kappa shape index (κ3) is 3.97. The quantitative estimate of drug-likeness (QED) is 0.644. The fourth-order valence-corrected chi connectivity index (χ4v) is 3.18. The number of hydrogen-bond donors (Lipinski definition) is 2. The first-order chi connectivity index (χ1) is 11.7. The van der Waals surface area contributed by atoms with Crippen molar-refractivity contribution in [1.82, 2.24) is 15.6 Å². The van der Waals surface area contributed by atoms with E-state index < -0.39 is 0 Å². The Morgan fingerprint density at radius 3 is 2.79 bits per heavy atom. The van der Waals surface area contributed by atoms with Crippen LogP contribution >= 0.6 is 11.3 Å². The number of aliphatic imine (C=N–C) groups is 1. The Bertz CT molecular complexity index is 727. The highest BCUT2D eigenvalue weighted by Gasteiger charge is 2.13. The number of benzene rings is 1. The number of fused-ring (bicyclic) bond motifs is 1. The summed E-state index contributed by atoms with van der Waals surface area (Å²) in [5.74, 6) is 2.79. The van der Waals surface area contributed by atoms with Crippen LogP contribution in [0.5, 0.6) is 11.5 Å². The second kappa shape index (κ2) is 7.53. The van der Waals surface area contributed by atoms with Gasteiger partial charge in [0.1, 0.15) is 5.01 Å². The number of hydrogen-bond acceptors (Lipinski definition) is 5. The van der Waals surface area contributed by atoms with E-state index in [0.29, 0.717) is 25.8 Å². The number of nitrogens with one attached hydrogen (secondary N) is 2. The third-order valence-corrected chi connectivity index (χ3v) is 4.56. The SMILES string of the molecule is CN=C(NCc1ccc2c(c1)OCO2)NCc1nc(C(C)C)cs1. The molecule has 0 saturated heterocycles. The van der Waals surface area contributed by atoms with Gasteiger partial charge in [-0.15, -0.1) is 11.3 Å². The average Bonchev–Trinajstić information content (AvgIpc) is 3.23. The fraction of sp³-hybridized carbons (Fsp3) is 0.412. The lowest BCUT2D eigenvalue weighted by molar-refractivity contribution is 0.174. The standard InChI is InChI=1S/C17H22N4O2S/c1-11(2)13-9-24-16(21-13)8-20-17(18-3)19-7-12-4-5-14-15(6-12)23-10-22-14/h4-6,9,11H,7-8,10H2,1-3H3,(H2,18,19,20). The largest absolute Gasteiger partial charge is 0.454 e. The van der Waals surface area contributed by atoms with Crippen molar-refractivity contribution in [3.05, 3.63) is 39.8 Å². The van der Waals surface area contributed by atoms with Crippen molar-refractivity contribution in [3.8, 4) is 11.5 Å². The molecule has 2 N–H and O–H groups in total. The van der Waals surface area contributed by atoms with Crippen LogP contribution in [0.1, 0.15) is 36.0 Å². The first kappa shape index (κ1) is 16.6. The predicted octanol–water partition coefficient (Wildman–Crippen LogP) is 2.86. The van der Waals surface area contributed by atoms with Crippen LogP contribution in [0.3, 0.4) is 0 Å². The number of guanidine groups is 1. The van der Waals surface area contributed by atoms with Crippen molar-refractivity contribution in [2.75, 3.05) is 13.8 Å². The number of thiazole rings is 1. The van der Waals surface area contributed by atoms with Crippen LogP contribution in [-0.4, -0.2) is 24.8 Å². The molecule has 0 atom stereocenters. The average molecular weight is 346 g/mol. The first-order valence-corrected chi connectivity index (χ1v) is 8.81. The van der Waals surface area contributed by atoms with Gasteiger partial charge < -0.3 is 20.1 Å². The van der Waals surface area contributed by atoms with Gasteiger partial charge in [0.15, 0.2) is 17.5 Å². The van der Waals surface area contributed by atoms with E-state index in [9.17, 15) is 0 Å². The van der Waals surface area contributed by atoms with Crippen LogP contribution < -0.4 is 20.1 Å². The van der Waals surface area contributed by atoms with Gasteiger partial charge >= 0.3 is 0 Å². The zero-order valence-corrected chi connectivity index (χ0v) is 14.9. The molecule has 1 aromatic heterocycles. The van der Waals surface area contributed by atoms with Gasteiger partial charge in [-0.25, -0.2) is 4.98 Å². The fourth-order valence-electron chi connectivity index (χ4n) is 2.29. The molecule has 2 aromatic rings. The smallest absolute Gasteiger partial charge is 0.231 e. The van der Waals surface area contributed by atoms with E-state index in [-0.39, 0.29) is 0 Å². The second-order valence-electron chi connectivity index (χ2n) is 5.79. The lowest BCUT2D eigenvalue weighted by Gasteiger charge is -2.11. The van der Waals surface area contributed by atoms with E-state index in [0.717, 1.165) is 33.7 Å². The predicted molar refractivity (Wildman–Crippen MR) is 95.8 cm³/mol. The number of aromatic nitrogens is 1. The zero-order chi connectivity index (χ0) is 16.9. The van der Waals surface area contributed by atoms with Crippen molar-refractivity contribution in [3.63, 3.8) is 0 Å². The molecule has 0 amide bonds. The van der Waals surface area contributed by atoms with Crippen molar-refractivity contribution < 1.29 is 9.47 Å². The van der Waals surface area contributed by atoms with Gasteiger partial charge in [-0.05, 0) is 23.6 Å². The summed E-state index contributed by atoms with van der Waals surface area (Å²) >= 11 is 1.67. The van der Waals surface area contributed by atoms with Crippen LogP contribution in [0.15, 0.2) is 28.6 Å². The van der Waals surface area contributed by atoms with Crippen LogP contribution in [0.2, 0.25) is 0 Å². The highest BCUT2D eigenvalue weighted by atomic mass is 32.1. The molecule has 0 saturated carbocycles. The maximum absolute atomic E-state index is 5.40. The monoisotopic (exact) mass is 346 g/mol. The molecule has 1 aliphatic heterocycles. The summed E-state index contributed by atoms with van der Waals surface area (Å²) < 4.78 is 10.7. The third-order valence-electron chi connectivity index (χ3n) is 3.69. The first-order valence-electron chi connectivity index (χ1n) is 7.93. The molecule has 0 bridgehead atoms. The molecule has 128 valence electrons. The van der Waals surface area contributed by atoms with Gasteiger partial charge in [0, 0.05) is 19.0 Å². The van der Waals surface area contributed by atoms with Crippen LogP contribution in [0, 0.1) is 0 Å². The molecule has 0 spiro atoms. The molecule has 1 aromatic carbocycles. The highest BCUT2D eigenvalue weighted by Crippen LogP contribution is 2.32. The van der Waals surface area contributed by atoms with Crippen LogP contribution in [0.25, 0.3) is 0 Å². The van der Waals surface area contributed by atoms with E-state index in [1.807, 2.05) is 18.2 Å². The summed E-state index contributed by atoms with van der Waals surface area (Å²) in [7, 11) is 1.76. The zero-order valence-electron chi connectivity index (χ0n) is 14.1. The molecule has 0 radical (unpaired) electrons. The Morgan fingerprint density at radius 2 is 2.04 bits per heavy atom. The second-order valence-corrected chi connectivity index (χ2v) is 6.73. The molecule has 6 nitrogen and oxygen atoms in total. The van der Waals surface area contributed by atoms with E-state index in [2.05, 4.69) is 39.8 Å². The van der Waals surface area contributed by atoms with Gasteiger partial charge in [0.2, 0.25) is 6.79 Å². The highest BCUT2D eigenvalue weighted by molar-refractivity contribution is 7.09. The van der Waals surface area contributed by atoms with E-state index in [4.69, 9.17) is 9.47 Å². The minimum atomic E-state index is 0.293. The molecule has 3 rings (SSSR count). The Kier molecular flexibility index (Phi) is 5.20. The Morgan fingerprint density at radius 1 is 1.25 bits per heavy atom. The molecule has 1 aliphatic rings. The van der Waals surface area contributed by atoms with E-state index in [1.54, 1.807) is 18.4 Å². The van der Waals surface area contributed by atoms with Gasteiger partial charge in [-0.3, -0.25) is 4.99 Å². The normalized spacial score (nSPS) is 13.4. The van der Waals surface area contributed by atoms with Gasteiger partial charge in [-0.2, -0.15) is 0 Å². The molecular weight excluding hydrogens is 324 g/mol. The maximum atomic E-state index is 5.40. The lowest BCUT2D eigenvalue weighted by atomic mass is 10.2. The Labute approximate surface area is 145 Å². The molecule has 0 fully saturated rings. The number of nitrogens with zero attached hydrogens (tertiary/aromatic N) is 2. The summed E-state index contributed by atoms with van der Waals surface area (Å²) in [4.78, 5) is 8.86. The molecule has 0 unspecified atom stereocenters. The molecule has 24 heavy (non-hydrogen) atoms. The van der Waals surface area contributed by atoms with E-state index in [1.165, 1.54) is 0 Å². The molecule has 0 aliphatic carbocycles. The summed E-state index contributed by atoms with van der Waals surface area (Å²) in [5.41, 5.74) is 2.25. The molecular formula is C17H22N4O2S. The summed E-state index contributed by atoms with van der Waals surface area (Å²) in [6.07, 6.45) is 0. The molecule has 7 heteroatoms. The summed E-state index contributed by atoms with van der Waals surface area (Å²) in [6.45, 7) is 5.92. The minimum Gasteiger partial charge on any atom is -0.454 e. The van der Waals surface area contributed by atoms with Crippen molar-refractivity contribution >= 4 is 17.3 Å². The minimum absolute atomic E-state index is 0.293. The van der Waals surface area contributed by atoms with Crippen molar-refractivity contribution in [1.29, 1.82) is 0 Å². The summed E-state index contributed by atoms with van der Waals surface area (Å²) in [5, 5.41) is 9.76. The van der Waals surface area contributed by atoms with Crippen molar-refractivity contribution in [2.24, 2.45) is 4.99 Å². The van der Waals surface area contributed by atoms with Gasteiger partial charge in [-0.1, -0.05) is 19.9 Å². The van der Waals surface area contributed by atoms with Gasteiger partial charge in [0.25, 0.3) is 0 Å². The van der Waals surface area contributed by atoms with Crippen LogP contribution in [-0.2, 0) is 13.1 Å².